The van der Waals surface area contributed by atoms with Crippen LogP contribution >= 0.6 is 11.3 Å². The van der Waals surface area contributed by atoms with Crippen molar-refractivity contribution in [3.05, 3.63) is 58.6 Å². The number of benzene rings is 2. The van der Waals surface area contributed by atoms with Crippen molar-refractivity contribution in [1.82, 2.24) is 4.98 Å². The largest absolute Gasteiger partial charge is 0.493 e. The second-order valence-corrected chi connectivity index (χ2v) is 7.19. The standard InChI is InChI=1S/C22H23NO5S/c1-14-7-5-9-18(15(14)2)27-12-20(24)28-11-16-13-29-22(23-16)17-8-6-10-19(25-3)21(17)26-4/h5-10,13H,11-12H2,1-4H3. The number of carbonyl (C=O) groups excluding carboxylic acids is 1. The molecule has 3 aromatic rings. The first-order valence-corrected chi connectivity index (χ1v) is 9.91. The molecule has 0 aliphatic carbocycles. The molecule has 0 unspecified atom stereocenters. The van der Waals surface area contributed by atoms with Crippen molar-refractivity contribution in [2.24, 2.45) is 0 Å². The number of rotatable bonds is 8. The highest BCUT2D eigenvalue weighted by Gasteiger charge is 2.15. The van der Waals surface area contributed by atoms with Crippen LogP contribution in [0.25, 0.3) is 10.6 Å². The highest BCUT2D eigenvalue weighted by atomic mass is 32.1. The SMILES string of the molecule is COc1cccc(-c2nc(COC(=O)COc3cccc(C)c3C)cs2)c1OC. The van der Waals surface area contributed by atoms with Crippen LogP contribution in [0.3, 0.4) is 0 Å². The lowest BCUT2D eigenvalue weighted by Crippen LogP contribution is -2.15. The number of methoxy groups -OCH3 is 2. The van der Waals surface area contributed by atoms with Crippen molar-refractivity contribution in [3.63, 3.8) is 0 Å². The Balaban J connectivity index is 1.60. The molecule has 0 saturated heterocycles. The Morgan fingerprint density at radius 2 is 1.79 bits per heavy atom. The molecule has 0 atom stereocenters. The molecule has 1 aromatic heterocycles. The smallest absolute Gasteiger partial charge is 0.344 e. The summed E-state index contributed by atoms with van der Waals surface area (Å²) in [5, 5.41) is 2.62. The van der Waals surface area contributed by atoms with Gasteiger partial charge in [0.05, 0.1) is 25.5 Å². The predicted octanol–water partition coefficient (Wildman–Crippen LogP) is 4.57. The minimum absolute atomic E-state index is 0.0811. The molecule has 0 amide bonds. The summed E-state index contributed by atoms with van der Waals surface area (Å²) in [6.07, 6.45) is 0. The second kappa shape index (κ2) is 9.43. The number of para-hydroxylation sites is 1. The molecule has 3 rings (SSSR count). The van der Waals surface area contributed by atoms with Crippen LogP contribution in [0, 0.1) is 13.8 Å². The summed E-state index contributed by atoms with van der Waals surface area (Å²) in [5.74, 6) is 1.49. The molecule has 0 spiro atoms. The van der Waals surface area contributed by atoms with Crippen molar-refractivity contribution >= 4 is 17.3 Å². The quantitative estimate of drug-likeness (QED) is 0.504. The van der Waals surface area contributed by atoms with E-state index >= 15 is 0 Å². The third-order valence-electron chi connectivity index (χ3n) is 4.47. The summed E-state index contributed by atoms with van der Waals surface area (Å²) >= 11 is 1.45. The van der Waals surface area contributed by atoms with Gasteiger partial charge in [-0.15, -0.1) is 11.3 Å². The summed E-state index contributed by atoms with van der Waals surface area (Å²) < 4.78 is 21.7. The molecule has 29 heavy (non-hydrogen) atoms. The van der Waals surface area contributed by atoms with Crippen molar-refractivity contribution in [2.45, 2.75) is 20.5 Å². The fraction of sp³-hybridized carbons (Fsp3) is 0.273. The van der Waals surface area contributed by atoms with Gasteiger partial charge in [0.2, 0.25) is 0 Å². The number of ether oxygens (including phenoxy) is 4. The molecule has 6 nitrogen and oxygen atoms in total. The zero-order chi connectivity index (χ0) is 20.8. The van der Waals surface area contributed by atoms with Gasteiger partial charge in [0.1, 0.15) is 17.4 Å². The molecule has 0 fully saturated rings. The van der Waals surface area contributed by atoms with Crippen molar-refractivity contribution in [3.8, 4) is 27.8 Å². The fourth-order valence-electron chi connectivity index (χ4n) is 2.77. The van der Waals surface area contributed by atoms with E-state index in [4.69, 9.17) is 18.9 Å². The molecule has 2 aromatic carbocycles. The van der Waals surface area contributed by atoms with Crippen molar-refractivity contribution in [2.75, 3.05) is 20.8 Å². The summed E-state index contributed by atoms with van der Waals surface area (Å²) in [7, 11) is 3.18. The summed E-state index contributed by atoms with van der Waals surface area (Å²) in [5.41, 5.74) is 3.61. The Morgan fingerprint density at radius 3 is 2.55 bits per heavy atom. The second-order valence-electron chi connectivity index (χ2n) is 6.33. The first-order chi connectivity index (χ1) is 14.0. The number of carbonyl (C=O) groups is 1. The average molecular weight is 413 g/mol. The molecule has 1 heterocycles. The highest BCUT2D eigenvalue weighted by molar-refractivity contribution is 7.13. The normalized spacial score (nSPS) is 10.5. The molecule has 0 saturated carbocycles. The third-order valence-corrected chi connectivity index (χ3v) is 5.39. The molecular weight excluding hydrogens is 390 g/mol. The van der Waals surface area contributed by atoms with Gasteiger partial charge in [0.25, 0.3) is 0 Å². The van der Waals surface area contributed by atoms with E-state index < -0.39 is 5.97 Å². The van der Waals surface area contributed by atoms with E-state index in [0.717, 1.165) is 21.7 Å². The molecule has 0 radical (unpaired) electrons. The monoisotopic (exact) mass is 413 g/mol. The number of esters is 1. The number of hydrogen-bond acceptors (Lipinski definition) is 7. The number of aromatic nitrogens is 1. The van der Waals surface area contributed by atoms with Gasteiger partial charge in [-0.1, -0.05) is 18.2 Å². The van der Waals surface area contributed by atoms with Gasteiger partial charge in [-0.3, -0.25) is 0 Å². The van der Waals surface area contributed by atoms with Crippen LogP contribution in [0.15, 0.2) is 41.8 Å². The number of nitrogens with zero attached hydrogens (tertiary/aromatic N) is 1. The van der Waals surface area contributed by atoms with Crippen molar-refractivity contribution in [1.29, 1.82) is 0 Å². The predicted molar refractivity (Wildman–Crippen MR) is 112 cm³/mol. The summed E-state index contributed by atoms with van der Waals surface area (Å²) in [4.78, 5) is 16.6. The Kier molecular flexibility index (Phi) is 6.72. The lowest BCUT2D eigenvalue weighted by Gasteiger charge is -2.11. The molecule has 0 aliphatic rings. The van der Waals surface area contributed by atoms with Gasteiger partial charge in [-0.2, -0.15) is 0 Å². The van der Waals surface area contributed by atoms with Crippen molar-refractivity contribution < 1.29 is 23.7 Å². The van der Waals surface area contributed by atoms with Crippen LogP contribution in [-0.4, -0.2) is 31.8 Å². The van der Waals surface area contributed by atoms with Gasteiger partial charge in [0, 0.05) is 5.38 Å². The van der Waals surface area contributed by atoms with Gasteiger partial charge < -0.3 is 18.9 Å². The van der Waals surface area contributed by atoms with Crippen LogP contribution in [0.5, 0.6) is 17.2 Å². The number of aryl methyl sites for hydroxylation is 1. The van der Waals surface area contributed by atoms with E-state index in [1.807, 2.05) is 55.6 Å². The Hall–Kier alpha value is -3.06. The van der Waals surface area contributed by atoms with E-state index in [0.29, 0.717) is 22.9 Å². The van der Waals surface area contributed by atoms with Crippen LogP contribution in [0.2, 0.25) is 0 Å². The first-order valence-electron chi connectivity index (χ1n) is 9.04. The zero-order valence-electron chi connectivity index (χ0n) is 16.9. The lowest BCUT2D eigenvalue weighted by atomic mass is 10.1. The van der Waals surface area contributed by atoms with Crippen LogP contribution < -0.4 is 14.2 Å². The fourth-order valence-corrected chi connectivity index (χ4v) is 3.59. The Labute approximate surface area is 174 Å². The minimum atomic E-state index is -0.445. The average Bonchev–Trinajstić information content (AvgIpc) is 3.21. The molecular formula is C22H23NO5S. The summed E-state index contributed by atoms with van der Waals surface area (Å²) in [6, 6.07) is 11.3. The van der Waals surface area contributed by atoms with Crippen LogP contribution in [0.4, 0.5) is 0 Å². The van der Waals surface area contributed by atoms with E-state index in [2.05, 4.69) is 4.98 Å². The van der Waals surface area contributed by atoms with Crippen LogP contribution in [0.1, 0.15) is 16.8 Å². The van der Waals surface area contributed by atoms with Gasteiger partial charge in [-0.25, -0.2) is 9.78 Å². The van der Waals surface area contributed by atoms with E-state index in [1.165, 1.54) is 11.3 Å². The topological polar surface area (TPSA) is 66.9 Å². The maximum atomic E-state index is 12.0. The maximum absolute atomic E-state index is 12.0. The minimum Gasteiger partial charge on any atom is -0.493 e. The zero-order valence-corrected chi connectivity index (χ0v) is 17.7. The summed E-state index contributed by atoms with van der Waals surface area (Å²) in [6.45, 7) is 3.89. The maximum Gasteiger partial charge on any atom is 0.344 e. The molecule has 0 bridgehead atoms. The molecule has 152 valence electrons. The van der Waals surface area contributed by atoms with E-state index in [9.17, 15) is 4.79 Å². The van der Waals surface area contributed by atoms with Crippen LogP contribution in [-0.2, 0) is 16.1 Å². The Morgan fingerprint density at radius 1 is 1.03 bits per heavy atom. The van der Waals surface area contributed by atoms with Gasteiger partial charge in [0.15, 0.2) is 18.1 Å². The molecule has 0 aliphatic heterocycles. The third kappa shape index (κ3) is 4.86. The molecule has 7 heteroatoms. The van der Waals surface area contributed by atoms with Gasteiger partial charge >= 0.3 is 5.97 Å². The number of hydrogen-bond donors (Lipinski definition) is 0. The van der Waals surface area contributed by atoms with E-state index in [1.54, 1.807) is 14.2 Å². The molecule has 0 N–H and O–H groups in total. The Bertz CT molecular complexity index is 999. The first kappa shape index (κ1) is 20.7. The number of thiazole rings is 1. The lowest BCUT2D eigenvalue weighted by molar-refractivity contribution is -0.147. The highest BCUT2D eigenvalue weighted by Crippen LogP contribution is 2.39. The van der Waals surface area contributed by atoms with E-state index in [-0.39, 0.29) is 13.2 Å². The van der Waals surface area contributed by atoms with Gasteiger partial charge in [-0.05, 0) is 43.2 Å².